The molecule has 0 amide bonds. The fourth-order valence-electron chi connectivity index (χ4n) is 1.31. The highest BCUT2D eigenvalue weighted by Gasteiger charge is 2.11. The first-order valence-corrected chi connectivity index (χ1v) is 6.21. The molecule has 0 unspecified atom stereocenters. The number of rotatable bonds is 6. The Morgan fingerprint density at radius 1 is 1.35 bits per heavy atom. The maximum atomic E-state index is 12.1. The second-order valence-electron chi connectivity index (χ2n) is 3.97. The van der Waals surface area contributed by atoms with Crippen LogP contribution in [-0.2, 0) is 6.54 Å². The summed E-state index contributed by atoms with van der Waals surface area (Å²) in [5.41, 5.74) is 0.869. The van der Waals surface area contributed by atoms with Gasteiger partial charge in [-0.3, -0.25) is 0 Å². The van der Waals surface area contributed by atoms with Gasteiger partial charge >= 0.3 is 0 Å². The summed E-state index contributed by atoms with van der Waals surface area (Å²) < 4.78 is 30.1. The molecule has 0 radical (unpaired) electrons. The third-order valence-electron chi connectivity index (χ3n) is 2.10. The van der Waals surface area contributed by atoms with Crippen LogP contribution in [0, 0.1) is 0 Å². The number of halogens is 3. The highest BCUT2D eigenvalue weighted by molar-refractivity contribution is 9.10. The van der Waals surface area contributed by atoms with Crippen molar-refractivity contribution in [2.24, 2.45) is 0 Å². The SMILES string of the molecule is CC(C)NCc1cccc(Br)c1OCC(F)F. The van der Waals surface area contributed by atoms with Crippen LogP contribution in [0.2, 0.25) is 0 Å². The van der Waals surface area contributed by atoms with E-state index >= 15 is 0 Å². The largest absolute Gasteiger partial charge is 0.486 e. The fraction of sp³-hybridized carbons (Fsp3) is 0.500. The number of para-hydroxylation sites is 1. The number of benzene rings is 1. The molecule has 0 aliphatic heterocycles. The lowest BCUT2D eigenvalue weighted by Crippen LogP contribution is -2.22. The van der Waals surface area contributed by atoms with Crippen LogP contribution in [0.5, 0.6) is 5.75 Å². The van der Waals surface area contributed by atoms with Crippen LogP contribution in [0.4, 0.5) is 8.78 Å². The smallest absolute Gasteiger partial charge is 0.272 e. The Labute approximate surface area is 108 Å². The van der Waals surface area contributed by atoms with Gasteiger partial charge in [-0.15, -0.1) is 0 Å². The van der Waals surface area contributed by atoms with Crippen molar-refractivity contribution in [2.75, 3.05) is 6.61 Å². The van der Waals surface area contributed by atoms with E-state index in [9.17, 15) is 8.78 Å². The fourth-order valence-corrected chi connectivity index (χ4v) is 1.84. The van der Waals surface area contributed by atoms with Crippen molar-refractivity contribution >= 4 is 15.9 Å². The third kappa shape index (κ3) is 5.00. The Morgan fingerprint density at radius 2 is 2.06 bits per heavy atom. The molecular formula is C12H16BrF2NO. The first-order valence-electron chi connectivity index (χ1n) is 5.42. The number of hydrogen-bond donors (Lipinski definition) is 1. The van der Waals surface area contributed by atoms with E-state index in [-0.39, 0.29) is 0 Å². The zero-order valence-electron chi connectivity index (χ0n) is 9.84. The van der Waals surface area contributed by atoms with Crippen molar-refractivity contribution in [1.82, 2.24) is 5.32 Å². The normalized spacial score (nSPS) is 11.2. The lowest BCUT2D eigenvalue weighted by atomic mass is 10.2. The molecule has 2 nitrogen and oxygen atoms in total. The van der Waals surface area contributed by atoms with Gasteiger partial charge in [-0.05, 0) is 22.0 Å². The van der Waals surface area contributed by atoms with Gasteiger partial charge in [0.05, 0.1) is 4.47 Å². The predicted octanol–water partition coefficient (Wildman–Crippen LogP) is 3.59. The average Bonchev–Trinajstić information content (AvgIpc) is 2.24. The van der Waals surface area contributed by atoms with Gasteiger partial charge in [-0.2, -0.15) is 0 Å². The summed E-state index contributed by atoms with van der Waals surface area (Å²) in [7, 11) is 0. The Hall–Kier alpha value is -0.680. The van der Waals surface area contributed by atoms with Crippen molar-refractivity contribution < 1.29 is 13.5 Å². The lowest BCUT2D eigenvalue weighted by molar-refractivity contribution is 0.0809. The van der Waals surface area contributed by atoms with Crippen LogP contribution in [-0.4, -0.2) is 19.1 Å². The number of nitrogens with one attached hydrogen (secondary N) is 1. The molecule has 0 aliphatic rings. The first kappa shape index (κ1) is 14.4. The molecule has 1 rings (SSSR count). The molecule has 0 heterocycles. The van der Waals surface area contributed by atoms with Crippen LogP contribution in [0.15, 0.2) is 22.7 Å². The molecule has 0 atom stereocenters. The summed E-state index contributed by atoms with van der Waals surface area (Å²) in [6.45, 7) is 4.06. The van der Waals surface area contributed by atoms with Gasteiger partial charge in [-0.25, -0.2) is 8.78 Å². The molecule has 0 saturated heterocycles. The zero-order valence-corrected chi connectivity index (χ0v) is 11.4. The van der Waals surface area contributed by atoms with Crippen LogP contribution >= 0.6 is 15.9 Å². The number of alkyl halides is 2. The maximum absolute atomic E-state index is 12.1. The molecule has 17 heavy (non-hydrogen) atoms. The monoisotopic (exact) mass is 307 g/mol. The second-order valence-corrected chi connectivity index (χ2v) is 4.82. The van der Waals surface area contributed by atoms with Gasteiger partial charge in [0.1, 0.15) is 12.4 Å². The van der Waals surface area contributed by atoms with E-state index in [1.807, 2.05) is 26.0 Å². The van der Waals surface area contributed by atoms with E-state index in [0.29, 0.717) is 22.8 Å². The molecule has 96 valence electrons. The Balaban J connectivity index is 2.76. The van der Waals surface area contributed by atoms with E-state index in [0.717, 1.165) is 5.56 Å². The van der Waals surface area contributed by atoms with Gasteiger partial charge in [0, 0.05) is 18.2 Å². The summed E-state index contributed by atoms with van der Waals surface area (Å²) in [5.74, 6) is 0.487. The molecule has 0 fully saturated rings. The van der Waals surface area contributed by atoms with Crippen LogP contribution < -0.4 is 10.1 Å². The van der Waals surface area contributed by atoms with Crippen LogP contribution in [0.1, 0.15) is 19.4 Å². The second kappa shape index (κ2) is 6.91. The Morgan fingerprint density at radius 3 is 2.65 bits per heavy atom. The van der Waals surface area contributed by atoms with Crippen molar-refractivity contribution in [1.29, 1.82) is 0 Å². The Bertz CT molecular complexity index is 358. The highest BCUT2D eigenvalue weighted by atomic mass is 79.9. The third-order valence-corrected chi connectivity index (χ3v) is 2.73. The van der Waals surface area contributed by atoms with Crippen molar-refractivity contribution in [3.63, 3.8) is 0 Å². The van der Waals surface area contributed by atoms with E-state index in [2.05, 4.69) is 21.2 Å². The summed E-state index contributed by atoms with van der Waals surface area (Å²) in [4.78, 5) is 0. The van der Waals surface area contributed by atoms with Crippen molar-refractivity contribution in [3.05, 3.63) is 28.2 Å². The predicted molar refractivity (Wildman–Crippen MR) is 67.6 cm³/mol. The van der Waals surface area contributed by atoms with Crippen molar-refractivity contribution in [3.8, 4) is 5.75 Å². The topological polar surface area (TPSA) is 21.3 Å². The molecule has 5 heteroatoms. The summed E-state index contributed by atoms with van der Waals surface area (Å²) >= 11 is 3.31. The van der Waals surface area contributed by atoms with E-state index in [1.165, 1.54) is 0 Å². The lowest BCUT2D eigenvalue weighted by Gasteiger charge is -2.15. The van der Waals surface area contributed by atoms with E-state index in [1.54, 1.807) is 6.07 Å². The minimum Gasteiger partial charge on any atom is -0.486 e. The quantitative estimate of drug-likeness (QED) is 0.867. The zero-order chi connectivity index (χ0) is 12.8. The van der Waals surface area contributed by atoms with E-state index in [4.69, 9.17) is 4.74 Å². The number of hydrogen-bond acceptors (Lipinski definition) is 2. The molecule has 0 aromatic heterocycles. The molecule has 0 bridgehead atoms. The van der Waals surface area contributed by atoms with Crippen LogP contribution in [0.25, 0.3) is 0 Å². The highest BCUT2D eigenvalue weighted by Crippen LogP contribution is 2.29. The molecule has 0 saturated carbocycles. The van der Waals surface area contributed by atoms with Crippen molar-refractivity contribution in [2.45, 2.75) is 32.9 Å². The maximum Gasteiger partial charge on any atom is 0.272 e. The molecule has 0 aliphatic carbocycles. The minimum absolute atomic E-state index is 0.330. The molecule has 1 N–H and O–H groups in total. The standard InChI is InChI=1S/C12H16BrF2NO/c1-8(2)16-6-9-4-3-5-10(13)12(9)17-7-11(14)15/h3-5,8,11,16H,6-7H2,1-2H3. The summed E-state index contributed by atoms with van der Waals surface area (Å²) in [6.07, 6.45) is -2.46. The first-order chi connectivity index (χ1) is 8.00. The average molecular weight is 308 g/mol. The molecule has 0 spiro atoms. The number of ether oxygens (including phenoxy) is 1. The van der Waals surface area contributed by atoms with Crippen LogP contribution in [0.3, 0.4) is 0 Å². The van der Waals surface area contributed by atoms with Gasteiger partial charge in [0.25, 0.3) is 6.43 Å². The summed E-state index contributed by atoms with van der Waals surface area (Å²) in [5, 5.41) is 3.23. The van der Waals surface area contributed by atoms with Gasteiger partial charge < -0.3 is 10.1 Å². The van der Waals surface area contributed by atoms with E-state index < -0.39 is 13.0 Å². The molecule has 1 aromatic carbocycles. The minimum atomic E-state index is -2.46. The molecular weight excluding hydrogens is 292 g/mol. The Kier molecular flexibility index (Phi) is 5.85. The summed E-state index contributed by atoms with van der Waals surface area (Å²) in [6, 6.07) is 5.83. The molecule has 1 aromatic rings. The van der Waals surface area contributed by atoms with Gasteiger partial charge in [0.2, 0.25) is 0 Å². The van der Waals surface area contributed by atoms with Gasteiger partial charge in [-0.1, -0.05) is 26.0 Å². The van der Waals surface area contributed by atoms with Gasteiger partial charge in [0.15, 0.2) is 0 Å².